The molecule has 0 amide bonds. The predicted octanol–water partition coefficient (Wildman–Crippen LogP) is 16.1. The number of allylic oxidation sites excluding steroid dienone is 5. The predicted molar refractivity (Wildman–Crippen MR) is 271 cm³/mol. The molecule has 0 aliphatic heterocycles. The second-order valence-electron chi connectivity index (χ2n) is 17.7. The number of nitrogens with zero attached hydrogens (tertiary/aromatic N) is 2. The summed E-state index contributed by atoms with van der Waals surface area (Å²) in [5.41, 5.74) is 19.7. The Morgan fingerprint density at radius 1 is 0.585 bits per heavy atom. The van der Waals surface area contributed by atoms with E-state index in [1.54, 1.807) is 0 Å². The molecule has 3 nitrogen and oxygen atoms in total. The number of hydrogen-bond acceptors (Lipinski definition) is 2. The van der Waals surface area contributed by atoms with Gasteiger partial charge in [0, 0.05) is 27.5 Å². The average Bonchev–Trinajstić information content (AvgIpc) is 4.08. The van der Waals surface area contributed by atoms with Crippen molar-refractivity contribution in [2.75, 3.05) is 0 Å². The van der Waals surface area contributed by atoms with Crippen LogP contribution in [0.25, 0.3) is 77.1 Å². The highest BCUT2D eigenvalue weighted by Crippen LogP contribution is 2.63. The fourth-order valence-corrected chi connectivity index (χ4v) is 11.4. The molecule has 2 aromatic heterocycles. The maximum absolute atomic E-state index is 6.80. The first-order valence-electron chi connectivity index (χ1n) is 22.8. The van der Waals surface area contributed by atoms with Gasteiger partial charge in [-0.05, 0) is 135 Å². The van der Waals surface area contributed by atoms with E-state index >= 15 is 0 Å². The van der Waals surface area contributed by atoms with Crippen LogP contribution < -0.4 is 0 Å². The minimum Gasteiger partial charge on any atom is -0.456 e. The minimum absolute atomic E-state index is 0.0278. The van der Waals surface area contributed by atoms with Crippen molar-refractivity contribution in [3.8, 4) is 33.4 Å². The number of para-hydroxylation sites is 1. The number of aliphatic imine (C=N–C) groups is 1. The van der Waals surface area contributed by atoms with Gasteiger partial charge in [-0.1, -0.05) is 158 Å². The van der Waals surface area contributed by atoms with Crippen LogP contribution in [0.5, 0.6) is 0 Å². The van der Waals surface area contributed by atoms with Crippen LogP contribution in [0.1, 0.15) is 53.5 Å². The Balaban J connectivity index is 0.940. The Hall–Kier alpha value is -8.01. The van der Waals surface area contributed by atoms with Crippen LogP contribution in [0.15, 0.2) is 234 Å². The molecule has 0 bridgehead atoms. The molecule has 0 radical (unpaired) electrons. The smallest absolute Gasteiger partial charge is 0.135 e. The van der Waals surface area contributed by atoms with Crippen molar-refractivity contribution in [1.82, 2.24) is 4.57 Å². The summed E-state index contributed by atoms with van der Waals surface area (Å²) in [5, 5.41) is 4.64. The first kappa shape index (κ1) is 37.5. The quantitative estimate of drug-likeness (QED) is 0.0932. The molecule has 0 N–H and O–H groups in total. The lowest BCUT2D eigenvalue weighted by atomic mass is 9.70. The van der Waals surface area contributed by atoms with E-state index in [9.17, 15) is 0 Å². The van der Waals surface area contributed by atoms with Crippen molar-refractivity contribution in [3.63, 3.8) is 0 Å². The van der Waals surface area contributed by atoms with Gasteiger partial charge in [0.05, 0.1) is 22.1 Å². The fraction of sp³-hybridized carbons (Fsp3) is 0.0806. The molecule has 8 aromatic carbocycles. The number of benzene rings is 8. The van der Waals surface area contributed by atoms with Crippen LogP contribution >= 0.6 is 0 Å². The fourth-order valence-electron chi connectivity index (χ4n) is 11.4. The zero-order chi connectivity index (χ0) is 43.2. The van der Waals surface area contributed by atoms with Crippen molar-refractivity contribution < 1.29 is 4.42 Å². The van der Waals surface area contributed by atoms with Crippen LogP contribution in [0.3, 0.4) is 0 Å². The van der Waals surface area contributed by atoms with Crippen LogP contribution in [0.2, 0.25) is 0 Å². The Labute approximate surface area is 378 Å². The maximum Gasteiger partial charge on any atom is 0.135 e. The summed E-state index contributed by atoms with van der Waals surface area (Å²) >= 11 is 0. The van der Waals surface area contributed by atoms with Gasteiger partial charge in [0.25, 0.3) is 0 Å². The Bertz CT molecular complexity index is 3710. The van der Waals surface area contributed by atoms with Crippen LogP contribution in [0.4, 0.5) is 0 Å². The van der Waals surface area contributed by atoms with Gasteiger partial charge < -0.3 is 4.42 Å². The first-order chi connectivity index (χ1) is 32.1. The highest BCUT2D eigenvalue weighted by atomic mass is 16.3. The van der Waals surface area contributed by atoms with Crippen molar-refractivity contribution in [2.24, 2.45) is 4.99 Å². The molecule has 3 aliphatic carbocycles. The lowest BCUT2D eigenvalue weighted by Crippen LogP contribution is -2.25. The second kappa shape index (κ2) is 14.5. The lowest BCUT2D eigenvalue weighted by molar-refractivity contribution is 0.666. The third-order valence-corrected chi connectivity index (χ3v) is 14.3. The molecule has 0 saturated carbocycles. The normalized spacial score (nSPS) is 15.4. The van der Waals surface area contributed by atoms with Gasteiger partial charge in [0.15, 0.2) is 0 Å². The third kappa shape index (κ3) is 5.52. The molecule has 13 rings (SSSR count). The Morgan fingerprint density at radius 3 is 1.91 bits per heavy atom. The molecule has 65 heavy (non-hydrogen) atoms. The average molecular weight is 833 g/mol. The zero-order valence-corrected chi connectivity index (χ0v) is 36.1. The molecular weight excluding hydrogens is 789 g/mol. The lowest BCUT2D eigenvalue weighted by Gasteiger charge is -2.30. The number of fused-ring (bicyclic) bond motifs is 16. The van der Waals surface area contributed by atoms with E-state index in [1.807, 2.05) is 6.08 Å². The van der Waals surface area contributed by atoms with Gasteiger partial charge in [-0.25, -0.2) is 4.99 Å². The summed E-state index contributed by atoms with van der Waals surface area (Å²) in [6, 6.07) is 64.5. The van der Waals surface area contributed by atoms with Gasteiger partial charge in [0.2, 0.25) is 0 Å². The summed E-state index contributed by atoms with van der Waals surface area (Å²) in [6.45, 7) is 6.35. The topological polar surface area (TPSA) is 30.4 Å². The highest BCUT2D eigenvalue weighted by molar-refractivity contribution is 6.15. The van der Waals surface area contributed by atoms with E-state index in [2.05, 4.69) is 218 Å². The van der Waals surface area contributed by atoms with Crippen LogP contribution in [-0.2, 0) is 5.41 Å². The molecule has 0 saturated heterocycles. The van der Waals surface area contributed by atoms with Crippen molar-refractivity contribution in [2.45, 2.75) is 31.1 Å². The summed E-state index contributed by atoms with van der Waals surface area (Å²) in [7, 11) is 0. The van der Waals surface area contributed by atoms with Crippen molar-refractivity contribution in [1.29, 1.82) is 0 Å². The van der Waals surface area contributed by atoms with Crippen molar-refractivity contribution in [3.05, 3.63) is 252 Å². The Kier molecular flexibility index (Phi) is 8.38. The standard InChI is InChI=1S/C62H44N2O/c1-3-40(41-18-6-4-7-19-41)36-57(42-20-8-5-9-21-42)63-39(2)64-58-29-17-13-25-48(58)50-34-43(30-32-59(50)64)44-31-33-60-51(35-44)52-37-49-47-24-12-16-28-55(47)62(56(49)38-61(52)65-60)53-26-14-10-22-45(53)46-23-11-15-27-54(46)62/h3-4,6-8,10-38,40H,1,5,9H2,2H3/b57-36-,63-39?. The first-order valence-corrected chi connectivity index (χ1v) is 22.8. The maximum atomic E-state index is 6.80. The number of hydrogen-bond donors (Lipinski definition) is 0. The van der Waals surface area contributed by atoms with Gasteiger partial charge in [-0.2, -0.15) is 0 Å². The molecule has 3 aliphatic rings. The van der Waals surface area contributed by atoms with E-state index in [0.29, 0.717) is 0 Å². The van der Waals surface area contributed by atoms with Gasteiger partial charge in [0.1, 0.15) is 17.0 Å². The van der Waals surface area contributed by atoms with Crippen molar-refractivity contribution >= 4 is 49.6 Å². The van der Waals surface area contributed by atoms with E-state index in [1.165, 1.54) is 60.8 Å². The molecule has 1 atom stereocenters. The van der Waals surface area contributed by atoms with E-state index in [0.717, 1.165) is 74.0 Å². The van der Waals surface area contributed by atoms with Gasteiger partial charge in [-0.15, -0.1) is 6.58 Å². The Morgan fingerprint density at radius 2 is 1.20 bits per heavy atom. The third-order valence-electron chi connectivity index (χ3n) is 14.3. The monoisotopic (exact) mass is 832 g/mol. The number of furan rings is 1. The van der Waals surface area contributed by atoms with Gasteiger partial charge >= 0.3 is 0 Å². The summed E-state index contributed by atoms with van der Waals surface area (Å²) in [4.78, 5) is 5.44. The summed E-state index contributed by atoms with van der Waals surface area (Å²) < 4.78 is 9.12. The molecule has 308 valence electrons. The molecule has 10 aromatic rings. The second-order valence-corrected chi connectivity index (χ2v) is 17.7. The van der Waals surface area contributed by atoms with E-state index in [-0.39, 0.29) is 5.92 Å². The van der Waals surface area contributed by atoms with Crippen LogP contribution in [0, 0.1) is 0 Å². The molecule has 1 unspecified atom stereocenters. The van der Waals surface area contributed by atoms with E-state index in [4.69, 9.17) is 9.41 Å². The summed E-state index contributed by atoms with van der Waals surface area (Å²) in [5.74, 6) is 0.942. The molecular formula is C62H44N2O. The molecule has 3 heteroatoms. The zero-order valence-electron chi connectivity index (χ0n) is 36.1. The minimum atomic E-state index is -0.409. The summed E-state index contributed by atoms with van der Waals surface area (Å²) in [6.07, 6.45) is 13.1. The number of aromatic nitrogens is 1. The molecule has 2 heterocycles. The molecule has 0 fully saturated rings. The van der Waals surface area contributed by atoms with E-state index < -0.39 is 5.41 Å². The molecule has 1 spiro atoms. The highest BCUT2D eigenvalue weighted by Gasteiger charge is 2.51. The SMILES string of the molecule is C=CC(/C=C(\N=C(C)n1c2ccccc2c2cc(-c3ccc4oc5cc6c(cc5c4c3)-c3ccccc3C63c4ccccc4-c4ccccc43)ccc21)C1=CCCC=C1)c1ccccc1. The largest absolute Gasteiger partial charge is 0.456 e. The van der Waals surface area contributed by atoms with Crippen LogP contribution in [-0.4, -0.2) is 10.4 Å². The number of rotatable bonds is 6. The van der Waals surface area contributed by atoms with Gasteiger partial charge in [-0.3, -0.25) is 4.57 Å².